The second-order valence-electron chi connectivity index (χ2n) is 6.62. The first-order valence-corrected chi connectivity index (χ1v) is 9.59. The lowest BCUT2D eigenvalue weighted by Gasteiger charge is -2.17. The molecule has 0 unspecified atom stereocenters. The minimum absolute atomic E-state index is 0.414. The quantitative estimate of drug-likeness (QED) is 0.618. The van der Waals surface area contributed by atoms with E-state index in [4.69, 9.17) is 5.73 Å². The van der Waals surface area contributed by atoms with Crippen molar-refractivity contribution in [3.63, 3.8) is 0 Å². The van der Waals surface area contributed by atoms with Gasteiger partial charge in [0.25, 0.3) is 0 Å². The molecule has 0 spiro atoms. The monoisotopic (exact) mass is 378 g/mol. The number of primary amides is 1. The van der Waals surface area contributed by atoms with Crippen molar-refractivity contribution < 1.29 is 4.79 Å². The number of rotatable bonds is 9. The van der Waals surface area contributed by atoms with Gasteiger partial charge < -0.3 is 10.6 Å². The van der Waals surface area contributed by atoms with E-state index in [0.29, 0.717) is 17.0 Å². The summed E-state index contributed by atoms with van der Waals surface area (Å²) in [6, 6.07) is 7.04. The fourth-order valence-electron chi connectivity index (χ4n) is 3.07. The molecule has 146 valence electrons. The molecule has 3 rings (SSSR count). The average molecular weight is 378 g/mol. The van der Waals surface area contributed by atoms with Crippen LogP contribution in [-0.4, -0.2) is 50.2 Å². The van der Waals surface area contributed by atoms with Crippen LogP contribution in [0.15, 0.2) is 49.1 Å². The lowest BCUT2D eigenvalue weighted by molar-refractivity contribution is 0.1000. The van der Waals surface area contributed by atoms with Crippen molar-refractivity contribution >= 4 is 5.91 Å². The highest BCUT2D eigenvalue weighted by Gasteiger charge is 2.07. The summed E-state index contributed by atoms with van der Waals surface area (Å²) >= 11 is 0. The smallest absolute Gasteiger partial charge is 0.248 e. The van der Waals surface area contributed by atoms with Gasteiger partial charge in [-0.25, -0.2) is 4.68 Å². The molecule has 0 aliphatic carbocycles. The number of hydrogen-bond acceptors (Lipinski definition) is 5. The van der Waals surface area contributed by atoms with Gasteiger partial charge in [0.2, 0.25) is 5.91 Å². The Morgan fingerprint density at radius 2 is 1.93 bits per heavy atom. The van der Waals surface area contributed by atoms with Crippen LogP contribution in [0.5, 0.6) is 0 Å². The van der Waals surface area contributed by atoms with Gasteiger partial charge in [-0.05, 0) is 62.3 Å². The van der Waals surface area contributed by atoms with Crippen LogP contribution in [0.4, 0.5) is 0 Å². The van der Waals surface area contributed by atoms with E-state index in [0.717, 1.165) is 38.2 Å². The molecule has 0 aliphatic heterocycles. The number of nitrogens with two attached hydrogens (primary N) is 1. The van der Waals surface area contributed by atoms with Crippen molar-refractivity contribution in [2.24, 2.45) is 5.73 Å². The molecular weight excluding hydrogens is 352 g/mol. The van der Waals surface area contributed by atoms with E-state index >= 15 is 0 Å². The van der Waals surface area contributed by atoms with Gasteiger partial charge in [0.05, 0.1) is 29.5 Å². The Balaban J connectivity index is 1.66. The number of amides is 1. The SMILES string of the molecule is CCN(CC)CCCc1cnn(-c2ccc(-c3cc(C(N)=O)ccn3)nc2)c1. The molecule has 1 amide bonds. The third-order valence-corrected chi connectivity index (χ3v) is 4.79. The van der Waals surface area contributed by atoms with E-state index < -0.39 is 5.91 Å². The van der Waals surface area contributed by atoms with Crippen molar-refractivity contribution in [2.75, 3.05) is 19.6 Å². The number of carbonyl (C=O) groups excluding carboxylic acids is 1. The molecular formula is C21H26N6O. The molecule has 2 N–H and O–H groups in total. The molecule has 0 fully saturated rings. The molecule has 3 heterocycles. The van der Waals surface area contributed by atoms with Crippen molar-refractivity contribution in [2.45, 2.75) is 26.7 Å². The Kier molecular flexibility index (Phi) is 6.49. The second-order valence-corrected chi connectivity index (χ2v) is 6.62. The fraction of sp³-hybridized carbons (Fsp3) is 0.333. The standard InChI is InChI=1S/C21H26N6O/c1-3-26(4-2)11-5-6-16-13-25-27(15-16)18-7-8-19(24-14-18)20-12-17(21(22)28)9-10-23-20/h7-10,12-15H,3-6,11H2,1-2H3,(H2,22,28). The molecule has 0 saturated carbocycles. The summed E-state index contributed by atoms with van der Waals surface area (Å²) in [5.74, 6) is -0.481. The van der Waals surface area contributed by atoms with Crippen LogP contribution in [0.2, 0.25) is 0 Å². The Morgan fingerprint density at radius 3 is 2.61 bits per heavy atom. The van der Waals surface area contributed by atoms with Gasteiger partial charge in [-0.15, -0.1) is 0 Å². The van der Waals surface area contributed by atoms with Crippen molar-refractivity contribution in [3.05, 3.63) is 60.2 Å². The Hall–Kier alpha value is -3.06. The van der Waals surface area contributed by atoms with Crippen molar-refractivity contribution in [3.8, 4) is 17.1 Å². The van der Waals surface area contributed by atoms with E-state index in [-0.39, 0.29) is 0 Å². The number of hydrogen-bond donors (Lipinski definition) is 1. The number of carbonyl (C=O) groups is 1. The van der Waals surface area contributed by atoms with E-state index in [1.54, 1.807) is 24.5 Å². The van der Waals surface area contributed by atoms with E-state index in [2.05, 4.69) is 33.8 Å². The van der Waals surface area contributed by atoms with Crippen LogP contribution in [0, 0.1) is 0 Å². The van der Waals surface area contributed by atoms with Crippen molar-refractivity contribution in [1.29, 1.82) is 0 Å². The topological polar surface area (TPSA) is 89.9 Å². The molecule has 28 heavy (non-hydrogen) atoms. The molecule has 0 radical (unpaired) electrons. The second kappa shape index (κ2) is 9.23. The molecule has 0 aliphatic rings. The number of pyridine rings is 2. The molecule has 7 nitrogen and oxygen atoms in total. The average Bonchev–Trinajstić information content (AvgIpc) is 3.20. The Bertz CT molecular complexity index is 915. The maximum atomic E-state index is 11.3. The van der Waals surface area contributed by atoms with E-state index in [9.17, 15) is 4.79 Å². The summed E-state index contributed by atoms with van der Waals surface area (Å²) in [5, 5.41) is 4.45. The van der Waals surface area contributed by atoms with Crippen LogP contribution in [0.1, 0.15) is 36.2 Å². The minimum atomic E-state index is -0.481. The lowest BCUT2D eigenvalue weighted by atomic mass is 10.1. The summed E-state index contributed by atoms with van der Waals surface area (Å²) in [6.45, 7) is 7.66. The van der Waals surface area contributed by atoms with Gasteiger partial charge in [-0.3, -0.25) is 14.8 Å². The predicted octanol–water partition coefficient (Wildman–Crippen LogP) is 2.70. The van der Waals surface area contributed by atoms with Gasteiger partial charge in [0.15, 0.2) is 0 Å². The molecule has 3 aromatic rings. The minimum Gasteiger partial charge on any atom is -0.366 e. The largest absolute Gasteiger partial charge is 0.366 e. The maximum absolute atomic E-state index is 11.3. The highest BCUT2D eigenvalue weighted by molar-refractivity contribution is 5.93. The molecule has 0 bridgehead atoms. The molecule has 0 saturated heterocycles. The Morgan fingerprint density at radius 1 is 1.11 bits per heavy atom. The maximum Gasteiger partial charge on any atom is 0.248 e. The zero-order valence-electron chi connectivity index (χ0n) is 16.4. The first kappa shape index (κ1) is 19.7. The first-order valence-electron chi connectivity index (χ1n) is 9.59. The zero-order chi connectivity index (χ0) is 19.9. The molecule has 3 aromatic heterocycles. The van der Waals surface area contributed by atoms with Crippen LogP contribution in [0.3, 0.4) is 0 Å². The third kappa shape index (κ3) is 4.80. The fourth-order valence-corrected chi connectivity index (χ4v) is 3.07. The summed E-state index contributed by atoms with van der Waals surface area (Å²) in [4.78, 5) is 22.5. The first-order chi connectivity index (χ1) is 13.6. The van der Waals surface area contributed by atoms with Gasteiger partial charge in [0.1, 0.15) is 0 Å². The number of aromatic nitrogens is 4. The summed E-state index contributed by atoms with van der Waals surface area (Å²) < 4.78 is 1.83. The normalized spacial score (nSPS) is 11.1. The van der Waals surface area contributed by atoms with Crippen LogP contribution >= 0.6 is 0 Å². The number of nitrogens with zero attached hydrogens (tertiary/aromatic N) is 5. The molecule has 0 aromatic carbocycles. The van der Waals surface area contributed by atoms with Crippen LogP contribution in [0.25, 0.3) is 17.1 Å². The third-order valence-electron chi connectivity index (χ3n) is 4.79. The van der Waals surface area contributed by atoms with Gasteiger partial charge >= 0.3 is 0 Å². The Labute approximate surface area is 165 Å². The molecule has 7 heteroatoms. The highest BCUT2D eigenvalue weighted by atomic mass is 16.1. The predicted molar refractivity (Wildman–Crippen MR) is 109 cm³/mol. The summed E-state index contributed by atoms with van der Waals surface area (Å²) in [7, 11) is 0. The van der Waals surface area contributed by atoms with Gasteiger partial charge in [0, 0.05) is 18.0 Å². The van der Waals surface area contributed by atoms with Crippen LogP contribution in [-0.2, 0) is 6.42 Å². The van der Waals surface area contributed by atoms with Crippen LogP contribution < -0.4 is 5.73 Å². The molecule has 0 atom stereocenters. The lowest BCUT2D eigenvalue weighted by Crippen LogP contribution is -2.24. The number of aryl methyl sites for hydroxylation is 1. The highest BCUT2D eigenvalue weighted by Crippen LogP contribution is 2.17. The van der Waals surface area contributed by atoms with E-state index in [1.807, 2.05) is 29.2 Å². The van der Waals surface area contributed by atoms with Crippen molar-refractivity contribution in [1.82, 2.24) is 24.6 Å². The zero-order valence-corrected chi connectivity index (χ0v) is 16.4. The summed E-state index contributed by atoms with van der Waals surface area (Å²) in [5.41, 5.74) is 9.13. The van der Waals surface area contributed by atoms with E-state index in [1.165, 1.54) is 5.56 Å². The van der Waals surface area contributed by atoms with Gasteiger partial charge in [-0.1, -0.05) is 13.8 Å². The van der Waals surface area contributed by atoms with Gasteiger partial charge in [-0.2, -0.15) is 5.10 Å². The summed E-state index contributed by atoms with van der Waals surface area (Å²) in [6.07, 6.45) is 9.39.